The van der Waals surface area contributed by atoms with Gasteiger partial charge in [-0.05, 0) is 36.2 Å². The molecule has 0 aliphatic rings. The number of nitrogens with one attached hydrogen (secondary N) is 2. The van der Waals surface area contributed by atoms with Crippen molar-refractivity contribution in [3.63, 3.8) is 0 Å². The van der Waals surface area contributed by atoms with E-state index in [1.165, 1.54) is 23.0 Å². The quantitative estimate of drug-likeness (QED) is 0.506. The number of carbonyl (C=O) groups excluding carboxylic acids is 1. The Bertz CT molecular complexity index is 1340. The molecule has 0 atom stereocenters. The Morgan fingerprint density at radius 3 is 2.77 bits per heavy atom. The minimum atomic E-state index is -4.44. The molecule has 0 unspecified atom stereocenters. The van der Waals surface area contributed by atoms with E-state index in [0.29, 0.717) is 16.6 Å². The third-order valence-electron chi connectivity index (χ3n) is 5.05. The fourth-order valence-corrected chi connectivity index (χ4v) is 3.44. The summed E-state index contributed by atoms with van der Waals surface area (Å²) in [5.41, 5.74) is 2.10. The lowest BCUT2D eigenvalue weighted by Crippen LogP contribution is -2.27. The van der Waals surface area contributed by atoms with Crippen LogP contribution in [-0.2, 0) is 24.1 Å². The van der Waals surface area contributed by atoms with Gasteiger partial charge in [0.25, 0.3) is 5.56 Å². The fraction of sp³-hybridized carbons (Fsp3) is 0.227. The Kier molecular flexibility index (Phi) is 5.26. The summed E-state index contributed by atoms with van der Waals surface area (Å²) < 4.78 is 39.7. The number of fused-ring (bicyclic) bond motifs is 3. The van der Waals surface area contributed by atoms with Gasteiger partial charge < -0.3 is 10.3 Å². The summed E-state index contributed by atoms with van der Waals surface area (Å²) in [5, 5.41) is 3.43. The van der Waals surface area contributed by atoms with Gasteiger partial charge in [-0.3, -0.25) is 14.2 Å². The predicted molar refractivity (Wildman–Crippen MR) is 111 cm³/mol. The maximum atomic E-state index is 12.8. The van der Waals surface area contributed by atoms with Crippen molar-refractivity contribution in [3.05, 3.63) is 75.8 Å². The second kappa shape index (κ2) is 7.90. The Hall–Kier alpha value is -3.62. The number of hydrogen-bond donors (Lipinski definition) is 2. The van der Waals surface area contributed by atoms with Crippen molar-refractivity contribution in [2.45, 2.75) is 32.6 Å². The number of benzene rings is 2. The summed E-state index contributed by atoms with van der Waals surface area (Å²) in [5.74, 6) is -0.378. The molecule has 2 heterocycles. The van der Waals surface area contributed by atoms with Crippen LogP contribution < -0.4 is 10.9 Å². The van der Waals surface area contributed by atoms with Crippen molar-refractivity contribution in [1.82, 2.24) is 19.9 Å². The van der Waals surface area contributed by atoms with E-state index >= 15 is 0 Å². The van der Waals surface area contributed by atoms with Crippen molar-refractivity contribution in [3.8, 4) is 0 Å². The number of alkyl halides is 3. The third kappa shape index (κ3) is 4.30. The lowest BCUT2D eigenvalue weighted by Gasteiger charge is -2.10. The summed E-state index contributed by atoms with van der Waals surface area (Å²) in [6.07, 6.45) is -3.04. The zero-order valence-corrected chi connectivity index (χ0v) is 16.6. The number of rotatable bonds is 5. The molecule has 2 N–H and O–H groups in total. The molecule has 2 aromatic heterocycles. The average molecular weight is 428 g/mol. The Morgan fingerprint density at radius 1 is 1.19 bits per heavy atom. The lowest BCUT2D eigenvalue weighted by atomic mass is 10.1. The van der Waals surface area contributed by atoms with Crippen molar-refractivity contribution >= 4 is 27.8 Å². The highest BCUT2D eigenvalue weighted by atomic mass is 19.4. The highest BCUT2D eigenvalue weighted by Crippen LogP contribution is 2.29. The summed E-state index contributed by atoms with van der Waals surface area (Å²) in [6, 6.07) is 10.6. The monoisotopic (exact) mass is 428 g/mol. The minimum Gasteiger partial charge on any atom is -0.352 e. The van der Waals surface area contributed by atoms with E-state index in [4.69, 9.17) is 0 Å². The number of amides is 1. The van der Waals surface area contributed by atoms with Gasteiger partial charge in [0.15, 0.2) is 0 Å². The Labute approximate surface area is 174 Å². The van der Waals surface area contributed by atoms with Crippen LogP contribution >= 0.6 is 0 Å². The van der Waals surface area contributed by atoms with Gasteiger partial charge in [-0.2, -0.15) is 13.2 Å². The van der Waals surface area contributed by atoms with Crippen LogP contribution in [0, 0.1) is 6.92 Å². The van der Waals surface area contributed by atoms with Gasteiger partial charge >= 0.3 is 6.18 Å². The molecule has 0 aliphatic heterocycles. The van der Waals surface area contributed by atoms with E-state index in [1.807, 2.05) is 25.1 Å². The Balaban J connectivity index is 1.43. The van der Waals surface area contributed by atoms with E-state index in [9.17, 15) is 22.8 Å². The van der Waals surface area contributed by atoms with Crippen molar-refractivity contribution in [2.75, 3.05) is 0 Å². The minimum absolute atomic E-state index is 0.00854. The topological polar surface area (TPSA) is 79.8 Å². The molecule has 0 radical (unpaired) electrons. The van der Waals surface area contributed by atoms with Gasteiger partial charge in [0.1, 0.15) is 11.0 Å². The zero-order chi connectivity index (χ0) is 22.2. The van der Waals surface area contributed by atoms with E-state index in [-0.39, 0.29) is 31.0 Å². The molecule has 0 spiro atoms. The summed E-state index contributed by atoms with van der Waals surface area (Å²) in [6.45, 7) is 2.02. The first-order chi connectivity index (χ1) is 14.7. The number of carbonyl (C=O) groups is 1. The molecule has 0 saturated carbocycles. The molecule has 0 bridgehead atoms. The molecule has 1 amide bonds. The number of H-pyrrole nitrogens is 1. The van der Waals surface area contributed by atoms with Gasteiger partial charge in [0.05, 0.1) is 11.9 Å². The molecule has 4 aromatic rings. The number of aryl methyl sites for hydroxylation is 2. The summed E-state index contributed by atoms with van der Waals surface area (Å²) in [7, 11) is 0. The SMILES string of the molecule is Cc1ccc2c(c1)[nH]c1c(=O)n(CCC(=O)NCc3cccc(C(F)(F)F)c3)cnc12. The maximum Gasteiger partial charge on any atom is 0.416 e. The van der Waals surface area contributed by atoms with E-state index < -0.39 is 11.7 Å². The third-order valence-corrected chi connectivity index (χ3v) is 5.05. The lowest BCUT2D eigenvalue weighted by molar-refractivity contribution is -0.137. The van der Waals surface area contributed by atoms with Crippen LogP contribution in [0.15, 0.2) is 53.6 Å². The second-order valence-corrected chi connectivity index (χ2v) is 7.37. The number of halogens is 3. The van der Waals surface area contributed by atoms with Gasteiger partial charge in [0.2, 0.25) is 5.91 Å². The van der Waals surface area contributed by atoms with Crippen LogP contribution in [0.25, 0.3) is 21.9 Å². The molecule has 9 heteroatoms. The normalized spacial score (nSPS) is 11.9. The van der Waals surface area contributed by atoms with Crippen molar-refractivity contribution in [1.29, 1.82) is 0 Å². The van der Waals surface area contributed by atoms with Gasteiger partial charge in [-0.1, -0.05) is 24.3 Å². The molecule has 31 heavy (non-hydrogen) atoms. The average Bonchev–Trinajstić information content (AvgIpc) is 3.10. The number of hydrogen-bond acceptors (Lipinski definition) is 3. The van der Waals surface area contributed by atoms with Crippen LogP contribution in [0.2, 0.25) is 0 Å². The molecule has 0 aliphatic carbocycles. The molecule has 0 saturated heterocycles. The van der Waals surface area contributed by atoms with Crippen molar-refractivity contribution < 1.29 is 18.0 Å². The van der Waals surface area contributed by atoms with Crippen LogP contribution in [-0.4, -0.2) is 20.4 Å². The van der Waals surface area contributed by atoms with Crippen LogP contribution in [0.3, 0.4) is 0 Å². The molecule has 4 rings (SSSR count). The van der Waals surface area contributed by atoms with Crippen molar-refractivity contribution in [2.24, 2.45) is 0 Å². The first-order valence-corrected chi connectivity index (χ1v) is 9.63. The largest absolute Gasteiger partial charge is 0.416 e. The Morgan fingerprint density at radius 2 is 2.00 bits per heavy atom. The first kappa shape index (κ1) is 20.6. The molecule has 0 fully saturated rings. The number of aromatic nitrogens is 3. The van der Waals surface area contributed by atoms with Gasteiger partial charge in [0, 0.05) is 30.4 Å². The highest BCUT2D eigenvalue weighted by Gasteiger charge is 2.30. The van der Waals surface area contributed by atoms with Gasteiger partial charge in [-0.25, -0.2) is 4.98 Å². The highest BCUT2D eigenvalue weighted by molar-refractivity contribution is 6.04. The van der Waals surface area contributed by atoms with Crippen LogP contribution in [0.5, 0.6) is 0 Å². The van der Waals surface area contributed by atoms with Crippen LogP contribution in [0.4, 0.5) is 13.2 Å². The summed E-state index contributed by atoms with van der Waals surface area (Å²) >= 11 is 0. The van der Waals surface area contributed by atoms with E-state index in [2.05, 4.69) is 15.3 Å². The van der Waals surface area contributed by atoms with E-state index in [0.717, 1.165) is 28.6 Å². The smallest absolute Gasteiger partial charge is 0.352 e. The molecule has 160 valence electrons. The van der Waals surface area contributed by atoms with Crippen LogP contribution in [0.1, 0.15) is 23.1 Å². The molecular formula is C22H19F3N4O2. The zero-order valence-electron chi connectivity index (χ0n) is 16.6. The predicted octanol–water partition coefficient (Wildman–Crippen LogP) is 3.91. The molecule has 2 aromatic carbocycles. The molecule has 6 nitrogen and oxygen atoms in total. The maximum absolute atomic E-state index is 12.8. The standard InChI is InChI=1S/C22H19F3N4O2/c1-13-5-6-16-17(9-13)28-20-19(16)27-12-29(21(20)31)8-7-18(30)26-11-14-3-2-4-15(10-14)22(23,24)25/h2-6,9-10,12,28H,7-8,11H2,1H3,(H,26,30). The number of aromatic amines is 1. The van der Waals surface area contributed by atoms with E-state index in [1.54, 1.807) is 0 Å². The second-order valence-electron chi connectivity index (χ2n) is 7.37. The fourth-order valence-electron chi connectivity index (χ4n) is 3.44. The summed E-state index contributed by atoms with van der Waals surface area (Å²) in [4.78, 5) is 32.4. The first-order valence-electron chi connectivity index (χ1n) is 9.63. The van der Waals surface area contributed by atoms with Gasteiger partial charge in [-0.15, -0.1) is 0 Å². The number of nitrogens with zero attached hydrogens (tertiary/aromatic N) is 2. The molecular weight excluding hydrogens is 409 g/mol.